The van der Waals surface area contributed by atoms with Gasteiger partial charge in [-0.2, -0.15) is 13.2 Å². The van der Waals surface area contributed by atoms with Gasteiger partial charge in [-0.05, 0) is 12.0 Å². The number of ether oxygens (including phenoxy) is 1. The molecule has 1 fully saturated rings. The first-order chi connectivity index (χ1) is 9.05. The first kappa shape index (κ1) is 14.3. The summed E-state index contributed by atoms with van der Waals surface area (Å²) < 4.78 is 44.2. The molecule has 1 aliphatic heterocycles. The number of nitrogens with one attached hydrogen (secondary N) is 1. The van der Waals surface area contributed by atoms with Crippen LogP contribution in [-0.2, 0) is 11.2 Å². The van der Waals surface area contributed by atoms with Crippen molar-refractivity contribution in [2.45, 2.75) is 18.6 Å². The summed E-state index contributed by atoms with van der Waals surface area (Å²) in [4.78, 5) is 0. The molecule has 1 aromatic rings. The van der Waals surface area contributed by atoms with Crippen LogP contribution in [0.2, 0.25) is 0 Å². The molecule has 1 heterocycles. The van der Waals surface area contributed by atoms with Crippen molar-refractivity contribution < 1.29 is 17.9 Å². The molecule has 19 heavy (non-hydrogen) atoms. The van der Waals surface area contributed by atoms with Gasteiger partial charge in [0, 0.05) is 13.1 Å². The summed E-state index contributed by atoms with van der Waals surface area (Å²) in [5.41, 5.74) is 3.24. The van der Waals surface area contributed by atoms with E-state index >= 15 is 0 Å². The van der Waals surface area contributed by atoms with E-state index in [1.54, 1.807) is 35.3 Å². The Bertz CT molecular complexity index is 377. The third-order valence-corrected chi connectivity index (χ3v) is 3.03. The van der Waals surface area contributed by atoms with E-state index in [1.807, 2.05) is 0 Å². The summed E-state index contributed by atoms with van der Waals surface area (Å²) in [6.45, 7) is 1.87. The van der Waals surface area contributed by atoms with E-state index < -0.39 is 12.2 Å². The van der Waals surface area contributed by atoms with Crippen LogP contribution in [-0.4, -0.2) is 43.5 Å². The van der Waals surface area contributed by atoms with Gasteiger partial charge in [0.2, 0.25) is 0 Å². The highest BCUT2D eigenvalue weighted by Crippen LogP contribution is 2.23. The lowest BCUT2D eigenvalue weighted by Crippen LogP contribution is -2.55. The Balaban J connectivity index is 1.99. The first-order valence-corrected chi connectivity index (χ1v) is 6.25. The molecule has 1 atom stereocenters. The molecule has 1 aliphatic rings. The molecule has 0 amide bonds. The third kappa shape index (κ3) is 4.49. The van der Waals surface area contributed by atoms with Gasteiger partial charge in [-0.15, -0.1) is 0 Å². The average Bonchev–Trinajstić information content (AvgIpc) is 2.39. The highest BCUT2D eigenvalue weighted by molar-refractivity contribution is 5.16. The van der Waals surface area contributed by atoms with Gasteiger partial charge in [-0.1, -0.05) is 30.3 Å². The molecule has 0 aliphatic carbocycles. The summed E-state index contributed by atoms with van der Waals surface area (Å²) in [5.74, 6) is 0. The molecular formula is C13H17F3N2O. The maximum Gasteiger partial charge on any atom is 0.405 e. The lowest BCUT2D eigenvalue weighted by atomic mass is 10.1. The summed E-state index contributed by atoms with van der Waals surface area (Å²) in [6, 6.07) is 7.14. The normalized spacial score (nSPS) is 19.3. The lowest BCUT2D eigenvalue weighted by Gasteiger charge is -2.32. The molecule has 2 rings (SSSR count). The van der Waals surface area contributed by atoms with E-state index in [1.165, 1.54) is 0 Å². The predicted molar refractivity (Wildman–Crippen MR) is 65.5 cm³/mol. The van der Waals surface area contributed by atoms with Crippen LogP contribution >= 0.6 is 0 Å². The van der Waals surface area contributed by atoms with Crippen LogP contribution in [0.15, 0.2) is 30.3 Å². The molecule has 0 saturated carbocycles. The smallest absolute Gasteiger partial charge is 0.379 e. The van der Waals surface area contributed by atoms with Gasteiger partial charge in [-0.25, -0.2) is 10.4 Å². The molecule has 0 spiro atoms. The SMILES string of the molecule is FC(F)(F)C(Cc1ccccc1)NN1CCOCC1. The quantitative estimate of drug-likeness (QED) is 0.909. The van der Waals surface area contributed by atoms with Crippen molar-refractivity contribution >= 4 is 0 Å². The Morgan fingerprint density at radius 3 is 2.37 bits per heavy atom. The second kappa shape index (κ2) is 6.36. The number of rotatable bonds is 4. The van der Waals surface area contributed by atoms with E-state index in [0.717, 1.165) is 0 Å². The maximum absolute atomic E-state index is 13.0. The van der Waals surface area contributed by atoms with Gasteiger partial charge < -0.3 is 4.74 Å². The highest BCUT2D eigenvalue weighted by atomic mass is 19.4. The molecule has 3 nitrogen and oxygen atoms in total. The molecule has 1 unspecified atom stereocenters. The monoisotopic (exact) mass is 274 g/mol. The molecule has 1 saturated heterocycles. The van der Waals surface area contributed by atoms with Gasteiger partial charge in [-0.3, -0.25) is 0 Å². The van der Waals surface area contributed by atoms with Crippen molar-refractivity contribution in [3.05, 3.63) is 35.9 Å². The van der Waals surface area contributed by atoms with E-state index in [2.05, 4.69) is 5.43 Å². The van der Waals surface area contributed by atoms with Crippen molar-refractivity contribution in [1.29, 1.82) is 0 Å². The van der Waals surface area contributed by atoms with Crippen LogP contribution in [0.4, 0.5) is 13.2 Å². The number of morpholine rings is 1. The topological polar surface area (TPSA) is 24.5 Å². The second-order valence-electron chi connectivity index (χ2n) is 4.51. The van der Waals surface area contributed by atoms with Crippen molar-refractivity contribution in [3.8, 4) is 0 Å². The maximum atomic E-state index is 13.0. The van der Waals surface area contributed by atoms with E-state index in [0.29, 0.717) is 31.9 Å². The van der Waals surface area contributed by atoms with Gasteiger partial charge in [0.25, 0.3) is 0 Å². The molecule has 0 bridgehead atoms. The van der Waals surface area contributed by atoms with E-state index in [9.17, 15) is 13.2 Å². The van der Waals surface area contributed by atoms with Crippen molar-refractivity contribution in [2.75, 3.05) is 26.3 Å². The predicted octanol–water partition coefficient (Wildman–Crippen LogP) is 2.00. The van der Waals surface area contributed by atoms with Crippen LogP contribution in [0.3, 0.4) is 0 Å². The minimum absolute atomic E-state index is 0.0678. The molecule has 0 radical (unpaired) electrons. The molecular weight excluding hydrogens is 257 g/mol. The van der Waals surface area contributed by atoms with Crippen LogP contribution in [0, 0.1) is 0 Å². The fourth-order valence-electron chi connectivity index (χ4n) is 2.00. The standard InChI is InChI=1S/C13H17F3N2O/c14-13(15,16)12(10-11-4-2-1-3-5-11)17-18-6-8-19-9-7-18/h1-5,12,17H,6-10H2. The number of nitrogens with zero attached hydrogens (tertiary/aromatic N) is 1. The number of alkyl halides is 3. The lowest BCUT2D eigenvalue weighted by molar-refractivity contribution is -0.171. The summed E-state index contributed by atoms with van der Waals surface area (Å²) >= 11 is 0. The van der Waals surface area contributed by atoms with Gasteiger partial charge in [0.15, 0.2) is 0 Å². The Hall–Kier alpha value is -1.11. The van der Waals surface area contributed by atoms with E-state index in [-0.39, 0.29) is 6.42 Å². The highest BCUT2D eigenvalue weighted by Gasteiger charge is 2.40. The largest absolute Gasteiger partial charge is 0.405 e. The van der Waals surface area contributed by atoms with Crippen molar-refractivity contribution in [3.63, 3.8) is 0 Å². The molecule has 106 valence electrons. The minimum atomic E-state index is -4.27. The number of benzene rings is 1. The summed E-state index contributed by atoms with van der Waals surface area (Å²) in [5, 5.41) is 1.59. The van der Waals surface area contributed by atoms with Crippen LogP contribution < -0.4 is 5.43 Å². The molecule has 6 heteroatoms. The number of hydrogen-bond acceptors (Lipinski definition) is 3. The Morgan fingerprint density at radius 2 is 1.79 bits per heavy atom. The van der Waals surface area contributed by atoms with Crippen molar-refractivity contribution in [1.82, 2.24) is 10.4 Å². The fourth-order valence-corrected chi connectivity index (χ4v) is 2.00. The zero-order chi connectivity index (χ0) is 13.7. The number of hydrazine groups is 1. The van der Waals surface area contributed by atoms with Gasteiger partial charge in [0.05, 0.1) is 13.2 Å². The van der Waals surface area contributed by atoms with Gasteiger partial charge >= 0.3 is 6.18 Å². The number of halogens is 3. The van der Waals surface area contributed by atoms with Gasteiger partial charge in [0.1, 0.15) is 6.04 Å². The average molecular weight is 274 g/mol. The van der Waals surface area contributed by atoms with Crippen LogP contribution in [0.25, 0.3) is 0 Å². The zero-order valence-corrected chi connectivity index (χ0v) is 10.5. The third-order valence-electron chi connectivity index (χ3n) is 3.03. The Morgan fingerprint density at radius 1 is 1.16 bits per heavy atom. The summed E-state index contributed by atoms with van der Waals surface area (Å²) in [7, 11) is 0. The second-order valence-corrected chi connectivity index (χ2v) is 4.51. The van der Waals surface area contributed by atoms with Crippen molar-refractivity contribution in [2.24, 2.45) is 0 Å². The molecule has 0 aromatic heterocycles. The Labute approximate surface area is 110 Å². The van der Waals surface area contributed by atoms with E-state index in [4.69, 9.17) is 4.74 Å². The zero-order valence-electron chi connectivity index (χ0n) is 10.5. The Kier molecular flexibility index (Phi) is 4.79. The van der Waals surface area contributed by atoms with Crippen LogP contribution in [0.5, 0.6) is 0 Å². The number of hydrogen-bond donors (Lipinski definition) is 1. The molecule has 1 aromatic carbocycles. The molecule has 1 N–H and O–H groups in total. The first-order valence-electron chi connectivity index (χ1n) is 6.25. The fraction of sp³-hybridized carbons (Fsp3) is 0.538. The summed E-state index contributed by atoms with van der Waals surface area (Å²) in [6.07, 6.45) is -4.34. The minimum Gasteiger partial charge on any atom is -0.379 e. The van der Waals surface area contributed by atoms with Crippen LogP contribution in [0.1, 0.15) is 5.56 Å².